The molecule has 0 spiro atoms. The number of hydrogen-bond donors (Lipinski definition) is 0. The third-order valence-corrected chi connectivity index (χ3v) is 2.87. The van der Waals surface area contributed by atoms with Crippen molar-refractivity contribution in [3.05, 3.63) is 47.0 Å². The molecule has 2 heterocycles. The van der Waals surface area contributed by atoms with E-state index in [1.165, 1.54) is 0 Å². The predicted molar refractivity (Wildman–Crippen MR) is 94.9 cm³/mol. The first kappa shape index (κ1) is 20.2. The average molecular weight is 387 g/mol. The van der Waals surface area contributed by atoms with Gasteiger partial charge in [0.05, 0.1) is 0 Å². The van der Waals surface area contributed by atoms with E-state index in [2.05, 4.69) is 20.0 Å². The average Bonchev–Trinajstić information content (AvgIpc) is 3.11. The molecule has 0 unspecified atom stereocenters. The molecule has 0 saturated carbocycles. The number of aliphatic imine (C=N–C) groups is 2. The number of hydrogen-bond acceptors (Lipinski definition) is 2. The summed E-state index contributed by atoms with van der Waals surface area (Å²) in [6.45, 7) is 5.63. The van der Waals surface area contributed by atoms with Crippen LogP contribution in [0.1, 0.15) is 35.6 Å². The van der Waals surface area contributed by atoms with Crippen molar-refractivity contribution in [2.45, 2.75) is 26.7 Å². The maximum atomic E-state index is 4.89. The third-order valence-electron chi connectivity index (χ3n) is 2.87. The molecule has 0 amide bonds. The van der Waals surface area contributed by atoms with Crippen molar-refractivity contribution < 1.29 is 17.0 Å². The Hall–Kier alpha value is -0.806. The van der Waals surface area contributed by atoms with Crippen LogP contribution in [0.5, 0.6) is 0 Å². The summed E-state index contributed by atoms with van der Waals surface area (Å²) < 4.78 is 0. The fourth-order valence-corrected chi connectivity index (χ4v) is 1.83. The molecular weight excluding hydrogens is 367 g/mol. The molecule has 23 heavy (non-hydrogen) atoms. The second-order valence-electron chi connectivity index (χ2n) is 4.87. The van der Waals surface area contributed by atoms with Crippen LogP contribution in [0.3, 0.4) is 0 Å². The molecule has 2 rings (SSSR count). The van der Waals surface area contributed by atoms with Gasteiger partial charge in [0.15, 0.2) is 0 Å². The van der Waals surface area contributed by atoms with Crippen LogP contribution in [0.15, 0.2) is 34.3 Å². The molecule has 4 nitrogen and oxygen atoms in total. The Morgan fingerprint density at radius 3 is 1.57 bits per heavy atom. The summed E-state index contributed by atoms with van der Waals surface area (Å²) >= 11 is -0.556. The predicted octanol–water partition coefficient (Wildman–Crippen LogP) is 3.91. The normalized spacial score (nSPS) is 11.0. The summed E-state index contributed by atoms with van der Waals surface area (Å²) in [5.74, 6) is 0. The van der Waals surface area contributed by atoms with Gasteiger partial charge >= 0.3 is 35.6 Å². The van der Waals surface area contributed by atoms with Crippen LogP contribution >= 0.6 is 18.6 Å². The van der Waals surface area contributed by atoms with Gasteiger partial charge in [-0.2, -0.15) is 11.4 Å². The van der Waals surface area contributed by atoms with Gasteiger partial charge in [-0.15, -0.1) is 11.4 Å². The Balaban J connectivity index is 0.000000816. The van der Waals surface area contributed by atoms with E-state index in [0.29, 0.717) is 0 Å². The van der Waals surface area contributed by atoms with Crippen molar-refractivity contribution >= 4 is 31.0 Å². The van der Waals surface area contributed by atoms with E-state index in [1.807, 2.05) is 50.5 Å². The van der Waals surface area contributed by atoms with E-state index in [4.69, 9.17) is 18.6 Å². The van der Waals surface area contributed by atoms with Crippen LogP contribution in [0.2, 0.25) is 0 Å². The Labute approximate surface area is 154 Å². The van der Waals surface area contributed by atoms with Crippen molar-refractivity contribution in [1.82, 2.24) is 9.97 Å². The van der Waals surface area contributed by atoms with Crippen molar-refractivity contribution in [3.63, 3.8) is 0 Å². The maximum absolute atomic E-state index is 4.89. The molecule has 0 saturated heterocycles. The first-order chi connectivity index (χ1) is 11.2. The number of aryl methyl sites for hydroxylation is 2. The van der Waals surface area contributed by atoms with Crippen LogP contribution < -0.4 is 9.97 Å². The van der Waals surface area contributed by atoms with E-state index >= 15 is 0 Å². The van der Waals surface area contributed by atoms with E-state index in [9.17, 15) is 0 Å². The molecule has 0 atom stereocenters. The quantitative estimate of drug-likeness (QED) is 0.411. The Kier molecular flexibility index (Phi) is 11.1. The molecule has 0 aliphatic rings. The molecule has 0 N–H and O–H groups in total. The molecule has 0 bridgehead atoms. The summed E-state index contributed by atoms with van der Waals surface area (Å²) in [6, 6.07) is 7.96. The van der Waals surface area contributed by atoms with Gasteiger partial charge in [0.1, 0.15) is 0 Å². The topological polar surface area (TPSA) is 52.9 Å². The molecule has 0 aromatic carbocycles. The van der Waals surface area contributed by atoms with Crippen LogP contribution in [0, 0.1) is 13.8 Å². The standard InChI is InChI=1S/C16H20N4.2ClH.Ti/c1-13-5-7-15(19-13)11-17-9-3-4-10-18-12-16-8-6-14(2)20-16;;;/h5-8,11-12H,3-4,9-10H2,1-2H3;2*1H;/q-2;;;+2/p-2. The van der Waals surface area contributed by atoms with E-state index in [0.717, 1.165) is 48.7 Å². The number of halogens is 2. The van der Waals surface area contributed by atoms with Crippen molar-refractivity contribution in [2.24, 2.45) is 9.98 Å². The molecule has 124 valence electrons. The molecule has 2 aromatic rings. The fourth-order valence-electron chi connectivity index (χ4n) is 1.83. The minimum absolute atomic E-state index is 0.556. The van der Waals surface area contributed by atoms with Gasteiger partial charge < -0.3 is 9.97 Å². The third kappa shape index (κ3) is 9.82. The second kappa shape index (κ2) is 12.6. The van der Waals surface area contributed by atoms with Gasteiger partial charge in [0.2, 0.25) is 0 Å². The summed E-state index contributed by atoms with van der Waals surface area (Å²) in [7, 11) is 9.78. The number of unbranched alkanes of at least 4 members (excludes halogenated alkanes) is 1. The minimum atomic E-state index is -0.556. The van der Waals surface area contributed by atoms with Crippen LogP contribution in [-0.2, 0) is 17.0 Å². The Morgan fingerprint density at radius 1 is 0.870 bits per heavy atom. The molecule has 0 radical (unpaired) electrons. The van der Waals surface area contributed by atoms with Gasteiger partial charge in [0, 0.05) is 25.5 Å². The molecule has 0 aliphatic carbocycles. The van der Waals surface area contributed by atoms with Gasteiger partial charge in [-0.3, -0.25) is 9.98 Å². The zero-order chi connectivity index (χ0) is 16.9. The summed E-state index contributed by atoms with van der Waals surface area (Å²) in [6.07, 6.45) is 5.77. The molecule has 2 aromatic heterocycles. The van der Waals surface area contributed by atoms with Crippen LogP contribution in [0.25, 0.3) is 0 Å². The molecule has 0 fully saturated rings. The van der Waals surface area contributed by atoms with Gasteiger partial charge in [-0.1, -0.05) is 38.1 Å². The molecular formula is C16H20Cl2N4Ti-2. The van der Waals surface area contributed by atoms with Crippen molar-refractivity contribution in [3.8, 4) is 0 Å². The first-order valence-corrected chi connectivity index (χ1v) is 11.6. The first-order valence-electron chi connectivity index (χ1n) is 7.32. The Bertz CT molecular complexity index is 553. The summed E-state index contributed by atoms with van der Waals surface area (Å²) in [5, 5.41) is 0. The van der Waals surface area contributed by atoms with Gasteiger partial charge in [-0.25, -0.2) is 0 Å². The fraction of sp³-hybridized carbons (Fsp3) is 0.375. The van der Waals surface area contributed by atoms with E-state index in [1.54, 1.807) is 0 Å². The van der Waals surface area contributed by atoms with E-state index < -0.39 is 17.0 Å². The van der Waals surface area contributed by atoms with Crippen LogP contribution in [0.4, 0.5) is 0 Å². The number of nitrogens with zero attached hydrogens (tertiary/aromatic N) is 4. The zero-order valence-electron chi connectivity index (χ0n) is 13.3. The molecule has 7 heteroatoms. The van der Waals surface area contributed by atoms with Gasteiger partial charge in [0.25, 0.3) is 0 Å². The molecule has 0 aliphatic heterocycles. The van der Waals surface area contributed by atoms with Crippen LogP contribution in [-0.4, -0.2) is 25.5 Å². The van der Waals surface area contributed by atoms with Crippen molar-refractivity contribution in [1.29, 1.82) is 0 Å². The SMILES string of the molecule is Cc1ccc(C=NCCCCN=Cc2ccc(C)[n-]2)[n-]1.[Cl][Ti][Cl]. The van der Waals surface area contributed by atoms with Crippen molar-refractivity contribution in [2.75, 3.05) is 13.1 Å². The monoisotopic (exact) mass is 386 g/mol. The second-order valence-corrected chi connectivity index (χ2v) is 7.45. The summed E-state index contributed by atoms with van der Waals surface area (Å²) in [5.41, 5.74) is 3.96. The summed E-state index contributed by atoms with van der Waals surface area (Å²) in [4.78, 5) is 17.4. The number of aromatic nitrogens is 2. The Morgan fingerprint density at radius 2 is 1.26 bits per heavy atom. The van der Waals surface area contributed by atoms with Gasteiger partial charge in [-0.05, 0) is 12.8 Å². The van der Waals surface area contributed by atoms with E-state index in [-0.39, 0.29) is 0 Å². The zero-order valence-corrected chi connectivity index (χ0v) is 16.4. The number of rotatable bonds is 7.